The number of carboxylic acid groups (broad SMARTS) is 1. The Morgan fingerprint density at radius 2 is 2.06 bits per heavy atom. The monoisotopic (exact) mass is 253 g/mol. The number of carbonyl (C=O) groups is 2. The maximum atomic E-state index is 11.4. The second kappa shape index (κ2) is 6.57. The zero-order valence-electron chi connectivity index (χ0n) is 11.5. The van der Waals surface area contributed by atoms with Crippen LogP contribution < -0.4 is 0 Å². The molecule has 0 bridgehead atoms. The van der Waals surface area contributed by atoms with E-state index in [1.54, 1.807) is 0 Å². The van der Waals surface area contributed by atoms with E-state index >= 15 is 0 Å². The molecule has 0 aromatic carbocycles. The van der Waals surface area contributed by atoms with Crippen molar-refractivity contribution in [1.82, 2.24) is 4.90 Å². The molecule has 102 valence electrons. The summed E-state index contributed by atoms with van der Waals surface area (Å²) in [5, 5.41) is 9.32. The van der Waals surface area contributed by atoms with Crippen LogP contribution in [0.2, 0.25) is 0 Å². The highest BCUT2D eigenvalue weighted by atomic mass is 16.4. The van der Waals surface area contributed by atoms with Crippen molar-refractivity contribution >= 4 is 11.8 Å². The van der Waals surface area contributed by atoms with Gasteiger partial charge in [0.2, 0.25) is 0 Å². The Hall–Kier alpha value is -1.32. The van der Waals surface area contributed by atoms with E-state index in [9.17, 15) is 14.7 Å². The fourth-order valence-electron chi connectivity index (χ4n) is 2.74. The number of hydrogen-bond donors (Lipinski definition) is 1. The molecule has 0 aromatic rings. The molecule has 1 fully saturated rings. The summed E-state index contributed by atoms with van der Waals surface area (Å²) in [6, 6.07) is -0.481. The molecule has 18 heavy (non-hydrogen) atoms. The van der Waals surface area contributed by atoms with Crippen LogP contribution in [-0.2, 0) is 9.59 Å². The largest absolute Gasteiger partial charge is 0.480 e. The fourth-order valence-corrected chi connectivity index (χ4v) is 2.74. The lowest BCUT2D eigenvalue weighted by molar-refractivity contribution is -0.144. The smallest absolute Gasteiger partial charge is 0.326 e. The van der Waals surface area contributed by atoms with Gasteiger partial charge in [0.15, 0.2) is 5.78 Å². The number of hydrogen-bond acceptors (Lipinski definition) is 3. The van der Waals surface area contributed by atoms with E-state index in [1.807, 2.05) is 11.8 Å². The van der Waals surface area contributed by atoms with Crippen LogP contribution in [0.25, 0.3) is 0 Å². The summed E-state index contributed by atoms with van der Waals surface area (Å²) < 4.78 is 0. The Morgan fingerprint density at radius 1 is 1.39 bits per heavy atom. The Morgan fingerprint density at radius 3 is 2.56 bits per heavy atom. The van der Waals surface area contributed by atoms with E-state index in [0.717, 1.165) is 31.5 Å². The van der Waals surface area contributed by atoms with E-state index in [0.29, 0.717) is 12.3 Å². The van der Waals surface area contributed by atoms with Gasteiger partial charge in [-0.1, -0.05) is 19.8 Å². The molecule has 1 aliphatic rings. The first-order valence-corrected chi connectivity index (χ1v) is 6.64. The Labute approximate surface area is 109 Å². The van der Waals surface area contributed by atoms with Gasteiger partial charge in [0.1, 0.15) is 6.04 Å². The number of likely N-dealkylation sites (tertiary alicyclic amines) is 1. The van der Waals surface area contributed by atoms with Crippen LogP contribution >= 0.6 is 0 Å². The van der Waals surface area contributed by atoms with Gasteiger partial charge in [-0.25, -0.2) is 4.79 Å². The summed E-state index contributed by atoms with van der Waals surface area (Å²) in [5.41, 5.74) is 0.768. The lowest BCUT2D eigenvalue weighted by atomic mass is 9.87. The minimum Gasteiger partial charge on any atom is -0.480 e. The fraction of sp³-hybridized carbons (Fsp3) is 0.714. The summed E-state index contributed by atoms with van der Waals surface area (Å²) in [4.78, 5) is 24.3. The van der Waals surface area contributed by atoms with Crippen molar-refractivity contribution in [2.75, 3.05) is 6.54 Å². The highest BCUT2D eigenvalue weighted by Gasteiger charge is 2.33. The molecule has 0 saturated carbocycles. The number of carbonyl (C=O) groups excluding carboxylic acids is 1. The molecule has 1 heterocycles. The van der Waals surface area contributed by atoms with Gasteiger partial charge in [-0.2, -0.15) is 0 Å². The highest BCUT2D eigenvalue weighted by Crippen LogP contribution is 2.29. The molecule has 1 aliphatic heterocycles. The third kappa shape index (κ3) is 3.86. The molecule has 4 nitrogen and oxygen atoms in total. The second-order valence-electron chi connectivity index (χ2n) is 5.12. The molecule has 2 unspecified atom stereocenters. The Bertz CT molecular complexity index is 349. The predicted molar refractivity (Wildman–Crippen MR) is 70.2 cm³/mol. The third-order valence-corrected chi connectivity index (χ3v) is 3.56. The van der Waals surface area contributed by atoms with Crippen molar-refractivity contribution in [3.05, 3.63) is 11.8 Å². The first kappa shape index (κ1) is 14.7. The van der Waals surface area contributed by atoms with Gasteiger partial charge < -0.3 is 10.0 Å². The summed E-state index contributed by atoms with van der Waals surface area (Å²) in [6.07, 6.45) is 5.41. The Balaban J connectivity index is 2.79. The second-order valence-corrected chi connectivity index (χ2v) is 5.12. The first-order chi connectivity index (χ1) is 8.45. The van der Waals surface area contributed by atoms with Gasteiger partial charge in [0, 0.05) is 12.2 Å². The van der Waals surface area contributed by atoms with Crippen molar-refractivity contribution < 1.29 is 14.7 Å². The Kier molecular flexibility index (Phi) is 5.38. The first-order valence-electron chi connectivity index (χ1n) is 6.64. The average molecular weight is 253 g/mol. The molecule has 1 saturated heterocycles. The van der Waals surface area contributed by atoms with Crippen LogP contribution in [0.5, 0.6) is 0 Å². The van der Waals surface area contributed by atoms with E-state index in [-0.39, 0.29) is 5.78 Å². The van der Waals surface area contributed by atoms with Gasteiger partial charge >= 0.3 is 5.97 Å². The van der Waals surface area contributed by atoms with Gasteiger partial charge in [-0.3, -0.25) is 4.79 Å². The zero-order valence-corrected chi connectivity index (χ0v) is 11.5. The highest BCUT2D eigenvalue weighted by molar-refractivity contribution is 5.88. The third-order valence-electron chi connectivity index (χ3n) is 3.56. The normalized spacial score (nSPS) is 25.1. The lowest BCUT2D eigenvalue weighted by Gasteiger charge is -2.39. The van der Waals surface area contributed by atoms with E-state index < -0.39 is 12.0 Å². The standard InChI is InChI=1S/C14H23NO3/c1-4-5-12-6-7-15(10(2)8-11(3)16)13(9-12)14(17)18/h8,12-13H,4-7,9H2,1-3H3,(H,17,18)/b10-8+. The van der Waals surface area contributed by atoms with Crippen molar-refractivity contribution in [2.45, 2.75) is 52.5 Å². The number of piperidine rings is 1. The van der Waals surface area contributed by atoms with Gasteiger partial charge in [0.05, 0.1) is 0 Å². The van der Waals surface area contributed by atoms with Crippen LogP contribution in [0.3, 0.4) is 0 Å². The quantitative estimate of drug-likeness (QED) is 0.765. The minimum absolute atomic E-state index is 0.0349. The molecular weight excluding hydrogens is 230 g/mol. The van der Waals surface area contributed by atoms with Crippen LogP contribution in [0.4, 0.5) is 0 Å². The number of allylic oxidation sites excluding steroid dienone is 2. The molecule has 0 amide bonds. The van der Waals surface area contributed by atoms with Crippen molar-refractivity contribution in [2.24, 2.45) is 5.92 Å². The molecule has 2 atom stereocenters. The molecule has 0 aliphatic carbocycles. The number of carboxylic acids is 1. The van der Waals surface area contributed by atoms with Gasteiger partial charge in [-0.15, -0.1) is 0 Å². The molecule has 0 aromatic heterocycles. The maximum absolute atomic E-state index is 11.4. The average Bonchev–Trinajstić information content (AvgIpc) is 2.28. The van der Waals surface area contributed by atoms with Crippen LogP contribution in [-0.4, -0.2) is 34.3 Å². The predicted octanol–water partition coefficient (Wildman–Crippen LogP) is 2.44. The van der Waals surface area contributed by atoms with E-state index in [4.69, 9.17) is 0 Å². The molecular formula is C14H23NO3. The number of nitrogens with zero attached hydrogens (tertiary/aromatic N) is 1. The molecule has 0 radical (unpaired) electrons. The summed E-state index contributed by atoms with van der Waals surface area (Å²) in [7, 11) is 0. The van der Waals surface area contributed by atoms with Gasteiger partial charge in [-0.05, 0) is 38.7 Å². The molecule has 0 spiro atoms. The number of ketones is 1. The molecule has 1 rings (SSSR count). The summed E-state index contributed by atoms with van der Waals surface area (Å²) >= 11 is 0. The zero-order chi connectivity index (χ0) is 13.7. The van der Waals surface area contributed by atoms with Crippen LogP contribution in [0.15, 0.2) is 11.8 Å². The van der Waals surface area contributed by atoms with E-state index in [1.165, 1.54) is 13.0 Å². The van der Waals surface area contributed by atoms with Crippen LogP contribution in [0, 0.1) is 5.92 Å². The lowest BCUT2D eigenvalue weighted by Crippen LogP contribution is -2.46. The van der Waals surface area contributed by atoms with Crippen LogP contribution in [0.1, 0.15) is 46.5 Å². The minimum atomic E-state index is -0.785. The van der Waals surface area contributed by atoms with Crippen molar-refractivity contribution in [3.8, 4) is 0 Å². The van der Waals surface area contributed by atoms with Crippen molar-refractivity contribution in [3.63, 3.8) is 0 Å². The van der Waals surface area contributed by atoms with Gasteiger partial charge in [0.25, 0.3) is 0 Å². The van der Waals surface area contributed by atoms with Crippen molar-refractivity contribution in [1.29, 1.82) is 0 Å². The summed E-state index contributed by atoms with van der Waals surface area (Å²) in [6.45, 7) is 6.17. The van der Waals surface area contributed by atoms with E-state index in [2.05, 4.69) is 6.92 Å². The SMILES string of the molecule is CCCC1CCN(/C(C)=C/C(C)=O)C(C(=O)O)C1. The summed E-state index contributed by atoms with van der Waals surface area (Å²) in [5.74, 6) is -0.322. The topological polar surface area (TPSA) is 57.6 Å². The maximum Gasteiger partial charge on any atom is 0.326 e. The number of aliphatic carboxylic acids is 1. The molecule has 4 heteroatoms. The molecule has 1 N–H and O–H groups in total. The number of rotatable bonds is 5.